The van der Waals surface area contributed by atoms with Crippen molar-refractivity contribution in [1.82, 2.24) is 4.57 Å². The quantitative estimate of drug-likeness (QED) is 0.543. The highest BCUT2D eigenvalue weighted by Crippen LogP contribution is 2.26. The number of anilines is 1. The molecule has 2 aromatic carbocycles. The van der Waals surface area contributed by atoms with Gasteiger partial charge in [-0.1, -0.05) is 36.4 Å². The molecule has 24 heavy (non-hydrogen) atoms. The van der Waals surface area contributed by atoms with Crippen LogP contribution >= 0.6 is 0 Å². The molecule has 4 nitrogen and oxygen atoms in total. The lowest BCUT2D eigenvalue weighted by Gasteiger charge is -2.20. The van der Waals surface area contributed by atoms with Crippen molar-refractivity contribution in [2.24, 2.45) is 7.05 Å². The van der Waals surface area contributed by atoms with Crippen molar-refractivity contribution in [1.29, 1.82) is 0 Å². The molecule has 0 radical (unpaired) electrons. The van der Waals surface area contributed by atoms with Gasteiger partial charge in [-0.15, -0.1) is 0 Å². The second-order valence-electron chi connectivity index (χ2n) is 5.75. The Morgan fingerprint density at radius 3 is 2.29 bits per heavy atom. The number of hydrogen-bond acceptors (Lipinski definition) is 2. The molecule has 0 aliphatic carbocycles. The lowest BCUT2D eigenvalue weighted by atomic mass is 10.1. The Morgan fingerprint density at radius 2 is 1.62 bits per heavy atom. The molecule has 0 aliphatic rings. The van der Waals surface area contributed by atoms with Crippen LogP contribution in [0.3, 0.4) is 0 Å². The molecule has 4 heteroatoms. The molecular weight excluding hydrogens is 300 g/mol. The van der Waals surface area contributed by atoms with E-state index in [0.29, 0.717) is 12.1 Å². The fourth-order valence-electron chi connectivity index (χ4n) is 3.09. The van der Waals surface area contributed by atoms with Crippen molar-refractivity contribution >= 4 is 28.3 Å². The van der Waals surface area contributed by atoms with Crippen LogP contribution in [0.15, 0.2) is 54.6 Å². The minimum absolute atomic E-state index is 0.443. The third-order valence-electron chi connectivity index (χ3n) is 4.45. The third-order valence-corrected chi connectivity index (χ3v) is 4.45. The fraction of sp³-hybridized carbons (Fsp3) is 0.200. The number of hydrogen-bond donors (Lipinski definition) is 0. The number of benzene rings is 2. The topological polar surface area (TPSA) is 42.3 Å². The van der Waals surface area contributed by atoms with E-state index < -0.39 is 11.7 Å². The minimum Gasteiger partial charge on any atom is -0.347 e. The summed E-state index contributed by atoms with van der Waals surface area (Å²) in [4.78, 5) is 27.3. The number of para-hydroxylation sites is 2. The van der Waals surface area contributed by atoms with E-state index in [2.05, 4.69) is 0 Å². The maximum Gasteiger partial charge on any atom is 0.299 e. The minimum atomic E-state index is -0.497. The zero-order valence-corrected chi connectivity index (χ0v) is 14.1. The van der Waals surface area contributed by atoms with Gasteiger partial charge in [0.25, 0.3) is 11.7 Å². The van der Waals surface area contributed by atoms with Crippen molar-refractivity contribution in [2.75, 3.05) is 11.4 Å². The van der Waals surface area contributed by atoms with E-state index in [4.69, 9.17) is 0 Å². The van der Waals surface area contributed by atoms with Crippen LogP contribution in [0.5, 0.6) is 0 Å². The molecule has 3 rings (SSSR count). The number of likely N-dealkylation sites (N-methyl/N-ethyl adjacent to an activating group) is 1. The summed E-state index contributed by atoms with van der Waals surface area (Å²) in [5.41, 5.74) is 2.98. The summed E-state index contributed by atoms with van der Waals surface area (Å²) in [6.07, 6.45) is 0. The number of rotatable bonds is 4. The van der Waals surface area contributed by atoms with E-state index in [1.54, 1.807) is 0 Å². The van der Waals surface area contributed by atoms with Crippen molar-refractivity contribution in [3.63, 3.8) is 0 Å². The van der Waals surface area contributed by atoms with Crippen LogP contribution in [-0.2, 0) is 11.8 Å². The molecule has 0 bridgehead atoms. The summed E-state index contributed by atoms with van der Waals surface area (Å²) in [6.45, 7) is 4.19. The summed E-state index contributed by atoms with van der Waals surface area (Å²) in [6, 6.07) is 16.9. The molecule has 0 aliphatic heterocycles. The lowest BCUT2D eigenvalue weighted by molar-refractivity contribution is -0.114. The number of amides is 1. The largest absolute Gasteiger partial charge is 0.347 e. The van der Waals surface area contributed by atoms with Gasteiger partial charge in [0.15, 0.2) is 0 Å². The first-order valence-electron chi connectivity index (χ1n) is 8.01. The Bertz CT molecular complexity index is 910. The smallest absolute Gasteiger partial charge is 0.299 e. The van der Waals surface area contributed by atoms with Gasteiger partial charge < -0.3 is 9.47 Å². The third kappa shape index (κ3) is 2.50. The molecule has 0 spiro atoms. The van der Waals surface area contributed by atoms with Gasteiger partial charge in [-0.2, -0.15) is 0 Å². The highest BCUT2D eigenvalue weighted by Gasteiger charge is 2.28. The molecule has 0 saturated heterocycles. The summed E-state index contributed by atoms with van der Waals surface area (Å²) in [5.74, 6) is -0.960. The summed E-state index contributed by atoms with van der Waals surface area (Å²) in [7, 11) is 1.91. The first kappa shape index (κ1) is 16.0. The molecule has 0 atom stereocenters. The summed E-state index contributed by atoms with van der Waals surface area (Å²) < 4.78 is 1.95. The standard InChI is InChI=1S/C20H20N2O2/c1-4-22(15-10-6-5-7-11-15)20(24)19(23)18-14(2)21(3)17-13-9-8-12-16(17)18/h5-13H,4H2,1-3H3. The summed E-state index contributed by atoms with van der Waals surface area (Å²) in [5, 5.41) is 0.819. The van der Waals surface area contributed by atoms with Gasteiger partial charge in [-0.3, -0.25) is 9.59 Å². The van der Waals surface area contributed by atoms with E-state index in [1.165, 1.54) is 4.90 Å². The van der Waals surface area contributed by atoms with Crippen LogP contribution < -0.4 is 4.90 Å². The first-order valence-corrected chi connectivity index (χ1v) is 8.01. The molecule has 0 unspecified atom stereocenters. The zero-order valence-electron chi connectivity index (χ0n) is 14.1. The van der Waals surface area contributed by atoms with Gasteiger partial charge in [0.05, 0.1) is 5.56 Å². The SMILES string of the molecule is CCN(C(=O)C(=O)c1c(C)n(C)c2ccccc12)c1ccccc1. The average Bonchev–Trinajstić information content (AvgIpc) is 2.87. The number of ketones is 1. The second-order valence-corrected chi connectivity index (χ2v) is 5.75. The van der Waals surface area contributed by atoms with E-state index in [-0.39, 0.29) is 0 Å². The Morgan fingerprint density at radius 1 is 1.00 bits per heavy atom. The molecular formula is C20H20N2O2. The maximum absolute atomic E-state index is 13.0. The molecule has 3 aromatic rings. The van der Waals surface area contributed by atoms with Crippen molar-refractivity contribution in [2.45, 2.75) is 13.8 Å². The molecule has 0 saturated carbocycles. The Hall–Kier alpha value is -2.88. The molecule has 122 valence electrons. The van der Waals surface area contributed by atoms with E-state index >= 15 is 0 Å². The molecule has 0 N–H and O–H groups in total. The highest BCUT2D eigenvalue weighted by molar-refractivity contribution is 6.49. The van der Waals surface area contributed by atoms with Gasteiger partial charge in [0.1, 0.15) is 0 Å². The number of carbonyl (C=O) groups is 2. The fourth-order valence-corrected chi connectivity index (χ4v) is 3.09. The Kier molecular flexibility index (Phi) is 4.21. The van der Waals surface area contributed by atoms with Crippen LogP contribution in [-0.4, -0.2) is 22.8 Å². The van der Waals surface area contributed by atoms with Crippen LogP contribution in [0.4, 0.5) is 5.69 Å². The van der Waals surface area contributed by atoms with Crippen molar-refractivity contribution in [3.8, 4) is 0 Å². The Balaban J connectivity index is 2.06. The molecule has 0 fully saturated rings. The zero-order chi connectivity index (χ0) is 17.3. The van der Waals surface area contributed by atoms with Gasteiger partial charge in [-0.05, 0) is 32.0 Å². The van der Waals surface area contributed by atoms with E-state index in [9.17, 15) is 9.59 Å². The molecule has 1 heterocycles. The second kappa shape index (κ2) is 6.32. The highest BCUT2D eigenvalue weighted by atomic mass is 16.2. The van der Waals surface area contributed by atoms with Gasteiger partial charge in [-0.25, -0.2) is 0 Å². The predicted molar refractivity (Wildman–Crippen MR) is 96.5 cm³/mol. The maximum atomic E-state index is 13.0. The number of Topliss-reactive ketones (excluding diaryl/α,β-unsaturated/α-hetero) is 1. The predicted octanol–water partition coefficient (Wildman–Crippen LogP) is 3.72. The van der Waals surface area contributed by atoms with Crippen LogP contribution in [0, 0.1) is 6.92 Å². The van der Waals surface area contributed by atoms with E-state index in [0.717, 1.165) is 22.3 Å². The van der Waals surface area contributed by atoms with Gasteiger partial charge >= 0.3 is 0 Å². The van der Waals surface area contributed by atoms with Crippen molar-refractivity contribution in [3.05, 3.63) is 65.9 Å². The number of carbonyl (C=O) groups excluding carboxylic acids is 2. The van der Waals surface area contributed by atoms with Crippen LogP contribution in [0.1, 0.15) is 23.0 Å². The Labute approximate surface area is 141 Å². The number of aromatic nitrogens is 1. The number of aryl methyl sites for hydroxylation is 1. The first-order chi connectivity index (χ1) is 11.6. The average molecular weight is 320 g/mol. The van der Waals surface area contributed by atoms with Crippen molar-refractivity contribution < 1.29 is 9.59 Å². The molecule has 1 aromatic heterocycles. The molecule has 1 amide bonds. The van der Waals surface area contributed by atoms with Gasteiger partial charge in [0, 0.05) is 35.9 Å². The number of nitrogens with zero attached hydrogens (tertiary/aromatic N) is 2. The van der Waals surface area contributed by atoms with Crippen LogP contribution in [0.25, 0.3) is 10.9 Å². The number of fused-ring (bicyclic) bond motifs is 1. The normalized spacial score (nSPS) is 10.8. The van der Waals surface area contributed by atoms with Gasteiger partial charge in [0.2, 0.25) is 0 Å². The van der Waals surface area contributed by atoms with E-state index in [1.807, 2.05) is 80.1 Å². The summed E-state index contributed by atoms with van der Waals surface area (Å²) >= 11 is 0. The lowest BCUT2D eigenvalue weighted by Crippen LogP contribution is -2.36. The van der Waals surface area contributed by atoms with Crippen LogP contribution in [0.2, 0.25) is 0 Å². The monoisotopic (exact) mass is 320 g/mol.